The molecule has 1 aromatic carbocycles. The number of carbonyl (C=O) groups excluding carboxylic acids is 1. The average molecular weight is 313 g/mol. The number of hydrogen-bond donors (Lipinski definition) is 2. The number of anilines is 1. The minimum absolute atomic E-state index is 0.0384. The van der Waals surface area contributed by atoms with Gasteiger partial charge in [-0.3, -0.25) is 4.79 Å². The summed E-state index contributed by atoms with van der Waals surface area (Å²) >= 11 is 3.48. The van der Waals surface area contributed by atoms with Crippen LogP contribution in [0.3, 0.4) is 0 Å². The van der Waals surface area contributed by atoms with Gasteiger partial charge in [-0.05, 0) is 29.0 Å². The summed E-state index contributed by atoms with van der Waals surface area (Å²) in [6.45, 7) is 1.24. The molecule has 2 N–H and O–H groups in total. The van der Waals surface area contributed by atoms with E-state index < -0.39 is 0 Å². The zero-order valence-electron chi connectivity index (χ0n) is 9.83. The molecule has 0 aliphatic carbocycles. The van der Waals surface area contributed by atoms with E-state index >= 15 is 0 Å². The SMILES string of the molecule is CNC1C(=O)Nc2cc(OC3COC3)c(Br)cc21. The lowest BCUT2D eigenvalue weighted by molar-refractivity contribution is -0.117. The van der Waals surface area contributed by atoms with Crippen LogP contribution in [-0.4, -0.2) is 32.3 Å². The Morgan fingerprint density at radius 3 is 2.89 bits per heavy atom. The number of hydrogen-bond acceptors (Lipinski definition) is 4. The lowest BCUT2D eigenvalue weighted by Gasteiger charge is -2.27. The maximum atomic E-state index is 11.7. The highest BCUT2D eigenvalue weighted by molar-refractivity contribution is 9.10. The molecule has 1 fully saturated rings. The number of benzene rings is 1. The van der Waals surface area contributed by atoms with Gasteiger partial charge in [0.1, 0.15) is 17.9 Å². The number of nitrogens with one attached hydrogen (secondary N) is 2. The molecule has 2 aliphatic heterocycles. The fraction of sp³-hybridized carbons (Fsp3) is 0.417. The maximum Gasteiger partial charge on any atom is 0.246 e. The largest absolute Gasteiger partial charge is 0.484 e. The molecule has 18 heavy (non-hydrogen) atoms. The van der Waals surface area contributed by atoms with E-state index in [-0.39, 0.29) is 18.1 Å². The van der Waals surface area contributed by atoms with Crippen LogP contribution in [0.15, 0.2) is 16.6 Å². The first-order valence-corrected chi connectivity index (χ1v) is 6.54. The van der Waals surface area contributed by atoms with Crippen molar-refractivity contribution in [3.63, 3.8) is 0 Å². The van der Waals surface area contributed by atoms with E-state index in [9.17, 15) is 4.79 Å². The number of carbonyl (C=O) groups is 1. The van der Waals surface area contributed by atoms with Crippen LogP contribution in [-0.2, 0) is 9.53 Å². The standard InChI is InChI=1S/C12H13BrN2O3/c1-14-11-7-2-8(13)10(18-6-4-17-5-6)3-9(7)15-12(11)16/h2-3,6,11,14H,4-5H2,1H3,(H,15,16). The van der Waals surface area contributed by atoms with Crippen molar-refractivity contribution in [3.8, 4) is 5.75 Å². The van der Waals surface area contributed by atoms with Gasteiger partial charge < -0.3 is 20.1 Å². The molecule has 0 radical (unpaired) electrons. The van der Waals surface area contributed by atoms with Crippen LogP contribution in [0.2, 0.25) is 0 Å². The molecule has 5 nitrogen and oxygen atoms in total. The van der Waals surface area contributed by atoms with Gasteiger partial charge in [-0.25, -0.2) is 0 Å². The maximum absolute atomic E-state index is 11.7. The fourth-order valence-corrected chi connectivity index (χ4v) is 2.56. The summed E-state index contributed by atoms with van der Waals surface area (Å²) in [6, 6.07) is 3.48. The Morgan fingerprint density at radius 1 is 1.50 bits per heavy atom. The third kappa shape index (κ3) is 1.90. The Morgan fingerprint density at radius 2 is 2.28 bits per heavy atom. The van der Waals surface area contributed by atoms with Gasteiger partial charge in [-0.1, -0.05) is 0 Å². The zero-order valence-corrected chi connectivity index (χ0v) is 11.4. The smallest absolute Gasteiger partial charge is 0.246 e. The number of rotatable bonds is 3. The lowest BCUT2D eigenvalue weighted by atomic mass is 10.1. The van der Waals surface area contributed by atoms with E-state index in [4.69, 9.17) is 9.47 Å². The summed E-state index contributed by atoms with van der Waals surface area (Å²) in [4.78, 5) is 11.7. The predicted octanol–water partition coefficient (Wildman–Crippen LogP) is 1.44. The van der Waals surface area contributed by atoms with Crippen LogP contribution in [0.5, 0.6) is 5.75 Å². The Labute approximate surface area is 113 Å². The third-order valence-corrected chi connectivity index (χ3v) is 3.74. The summed E-state index contributed by atoms with van der Waals surface area (Å²) in [7, 11) is 1.77. The number of halogens is 1. The highest BCUT2D eigenvalue weighted by atomic mass is 79.9. The normalized spacial score (nSPS) is 22.3. The Kier molecular flexibility index (Phi) is 3.01. The highest BCUT2D eigenvalue weighted by Crippen LogP contribution is 2.39. The molecule has 2 heterocycles. The molecular formula is C12H13BrN2O3. The van der Waals surface area contributed by atoms with E-state index in [1.54, 1.807) is 7.05 Å². The molecule has 1 saturated heterocycles. The monoisotopic (exact) mass is 312 g/mol. The van der Waals surface area contributed by atoms with Gasteiger partial charge in [0.2, 0.25) is 5.91 Å². The molecule has 0 bridgehead atoms. The van der Waals surface area contributed by atoms with Crippen molar-refractivity contribution in [3.05, 3.63) is 22.2 Å². The van der Waals surface area contributed by atoms with Gasteiger partial charge in [0.25, 0.3) is 0 Å². The molecule has 96 valence electrons. The van der Waals surface area contributed by atoms with Crippen LogP contribution in [0.1, 0.15) is 11.6 Å². The summed E-state index contributed by atoms with van der Waals surface area (Å²) in [5.74, 6) is 0.697. The Hall–Kier alpha value is -1.11. The highest BCUT2D eigenvalue weighted by Gasteiger charge is 2.31. The van der Waals surface area contributed by atoms with E-state index in [1.165, 1.54) is 0 Å². The van der Waals surface area contributed by atoms with Crippen molar-refractivity contribution >= 4 is 27.5 Å². The Bertz CT molecular complexity index is 502. The summed E-state index contributed by atoms with van der Waals surface area (Å²) < 4.78 is 11.7. The summed E-state index contributed by atoms with van der Waals surface area (Å²) in [5.41, 5.74) is 1.74. The number of fused-ring (bicyclic) bond motifs is 1. The van der Waals surface area contributed by atoms with Gasteiger partial charge in [-0.2, -0.15) is 0 Å². The van der Waals surface area contributed by atoms with Crippen LogP contribution in [0.25, 0.3) is 0 Å². The van der Waals surface area contributed by atoms with Gasteiger partial charge in [0.15, 0.2) is 0 Å². The first-order chi connectivity index (χ1) is 8.69. The van der Waals surface area contributed by atoms with Crippen LogP contribution >= 0.6 is 15.9 Å². The minimum atomic E-state index is -0.294. The van der Waals surface area contributed by atoms with Gasteiger partial charge in [0.05, 0.1) is 17.7 Å². The van der Waals surface area contributed by atoms with E-state index in [2.05, 4.69) is 26.6 Å². The average Bonchev–Trinajstić information content (AvgIpc) is 2.58. The molecule has 0 aromatic heterocycles. The van der Waals surface area contributed by atoms with Gasteiger partial charge in [-0.15, -0.1) is 0 Å². The second kappa shape index (κ2) is 4.53. The summed E-state index contributed by atoms with van der Waals surface area (Å²) in [5, 5.41) is 5.83. The molecule has 1 unspecified atom stereocenters. The fourth-order valence-electron chi connectivity index (χ4n) is 2.10. The summed E-state index contributed by atoms with van der Waals surface area (Å²) in [6.07, 6.45) is 0.108. The van der Waals surface area contributed by atoms with Gasteiger partial charge in [0, 0.05) is 17.3 Å². The van der Waals surface area contributed by atoms with Gasteiger partial charge >= 0.3 is 0 Å². The Balaban J connectivity index is 1.91. The minimum Gasteiger partial charge on any atom is -0.484 e. The quantitative estimate of drug-likeness (QED) is 0.886. The predicted molar refractivity (Wildman–Crippen MR) is 69.8 cm³/mol. The molecule has 2 aliphatic rings. The first-order valence-electron chi connectivity index (χ1n) is 5.75. The lowest BCUT2D eigenvalue weighted by Crippen LogP contribution is -2.38. The van der Waals surface area contributed by atoms with Crippen molar-refractivity contribution in [1.82, 2.24) is 5.32 Å². The van der Waals surface area contributed by atoms with Crippen LogP contribution < -0.4 is 15.4 Å². The number of ether oxygens (including phenoxy) is 2. The molecular weight excluding hydrogens is 300 g/mol. The van der Waals surface area contributed by atoms with Crippen molar-refractivity contribution in [2.45, 2.75) is 12.1 Å². The van der Waals surface area contributed by atoms with E-state index in [0.717, 1.165) is 21.5 Å². The first kappa shape index (κ1) is 12.0. The topological polar surface area (TPSA) is 59.6 Å². The number of likely N-dealkylation sites (N-methyl/N-ethyl adjacent to an activating group) is 1. The molecule has 1 aromatic rings. The van der Waals surface area contributed by atoms with Crippen molar-refractivity contribution in [2.24, 2.45) is 0 Å². The van der Waals surface area contributed by atoms with Crippen LogP contribution in [0.4, 0.5) is 5.69 Å². The van der Waals surface area contributed by atoms with Crippen LogP contribution in [0, 0.1) is 0 Å². The van der Waals surface area contributed by atoms with Crippen molar-refractivity contribution < 1.29 is 14.3 Å². The van der Waals surface area contributed by atoms with Crippen molar-refractivity contribution in [1.29, 1.82) is 0 Å². The molecule has 0 saturated carbocycles. The third-order valence-electron chi connectivity index (χ3n) is 3.12. The molecule has 0 spiro atoms. The zero-order chi connectivity index (χ0) is 12.7. The molecule has 1 amide bonds. The number of amides is 1. The molecule has 6 heteroatoms. The van der Waals surface area contributed by atoms with E-state index in [0.29, 0.717) is 13.2 Å². The second-order valence-electron chi connectivity index (χ2n) is 4.36. The van der Waals surface area contributed by atoms with E-state index in [1.807, 2.05) is 12.1 Å². The van der Waals surface area contributed by atoms with Crippen molar-refractivity contribution in [2.75, 3.05) is 25.6 Å². The molecule has 1 atom stereocenters. The second-order valence-corrected chi connectivity index (χ2v) is 5.21. The molecule has 3 rings (SSSR count).